The molecule has 1 aromatic carbocycles. The first kappa shape index (κ1) is 14.3. The number of nitrogens with one attached hydrogen (secondary N) is 1. The van der Waals surface area contributed by atoms with Crippen LogP contribution < -0.4 is 5.32 Å². The van der Waals surface area contributed by atoms with Crippen molar-refractivity contribution in [2.45, 2.75) is 30.6 Å². The van der Waals surface area contributed by atoms with Crippen molar-refractivity contribution >= 4 is 17.4 Å². The monoisotopic (exact) mass is 284 g/mol. The molecule has 1 saturated carbocycles. The molecule has 1 aliphatic rings. The lowest BCUT2D eigenvalue weighted by molar-refractivity contribution is -0.387. The fraction of sp³-hybridized carbons (Fsp3) is 0.538. The number of nitro groups is 1. The van der Waals surface area contributed by atoms with Gasteiger partial charge in [0.1, 0.15) is 0 Å². The molecule has 6 heteroatoms. The Kier molecular flexibility index (Phi) is 4.42. The highest BCUT2D eigenvalue weighted by molar-refractivity contribution is 8.00. The topological polar surface area (TPSA) is 55.2 Å². The van der Waals surface area contributed by atoms with E-state index in [0.29, 0.717) is 12.1 Å². The summed E-state index contributed by atoms with van der Waals surface area (Å²) in [5.41, 5.74) is -0.104. The molecule has 104 valence electrons. The van der Waals surface area contributed by atoms with Crippen LogP contribution in [0.25, 0.3) is 0 Å². The molecule has 1 fully saturated rings. The second kappa shape index (κ2) is 5.88. The lowest BCUT2D eigenvalue weighted by Gasteiger charge is -2.40. The van der Waals surface area contributed by atoms with Gasteiger partial charge in [0.05, 0.1) is 4.92 Å². The zero-order chi connectivity index (χ0) is 13.9. The van der Waals surface area contributed by atoms with Gasteiger partial charge in [-0.15, -0.1) is 0 Å². The highest BCUT2D eigenvalue weighted by atomic mass is 32.2. The molecule has 2 rings (SSSR count). The van der Waals surface area contributed by atoms with Gasteiger partial charge in [-0.1, -0.05) is 18.6 Å². The summed E-state index contributed by atoms with van der Waals surface area (Å²) in [5.74, 6) is -0.730. The van der Waals surface area contributed by atoms with Crippen molar-refractivity contribution in [3.63, 3.8) is 0 Å². The van der Waals surface area contributed by atoms with Gasteiger partial charge in [0, 0.05) is 29.5 Å². The van der Waals surface area contributed by atoms with Gasteiger partial charge < -0.3 is 5.32 Å². The Balaban J connectivity index is 1.96. The average Bonchev–Trinajstić information content (AvgIpc) is 2.34. The molecule has 0 radical (unpaired) electrons. The van der Waals surface area contributed by atoms with Gasteiger partial charge in [0.15, 0.2) is 0 Å². The van der Waals surface area contributed by atoms with Gasteiger partial charge in [-0.25, -0.2) is 0 Å². The third-order valence-electron chi connectivity index (χ3n) is 3.72. The minimum absolute atomic E-state index is 0.275. The zero-order valence-electron chi connectivity index (χ0n) is 10.8. The van der Waals surface area contributed by atoms with Gasteiger partial charge in [-0.3, -0.25) is 10.1 Å². The van der Waals surface area contributed by atoms with Gasteiger partial charge in [0.25, 0.3) is 0 Å². The summed E-state index contributed by atoms with van der Waals surface area (Å²) < 4.78 is 14.1. The molecule has 0 atom stereocenters. The molecule has 0 unspecified atom stereocenters. The van der Waals surface area contributed by atoms with Gasteiger partial charge in [-0.05, 0) is 19.1 Å². The summed E-state index contributed by atoms with van der Waals surface area (Å²) in [6, 6.07) is 4.29. The van der Waals surface area contributed by atoms with Crippen molar-refractivity contribution in [1.29, 1.82) is 0 Å². The molecule has 1 aliphatic carbocycles. The van der Waals surface area contributed by atoms with Crippen LogP contribution in [0.1, 0.15) is 24.8 Å². The van der Waals surface area contributed by atoms with Crippen LogP contribution >= 0.6 is 11.8 Å². The van der Waals surface area contributed by atoms with Crippen LogP contribution in [0.4, 0.5) is 10.1 Å². The van der Waals surface area contributed by atoms with E-state index in [4.69, 9.17) is 0 Å². The smallest absolute Gasteiger partial charge is 0.305 e. The van der Waals surface area contributed by atoms with E-state index >= 15 is 0 Å². The average molecular weight is 284 g/mol. The normalized spacial score (nSPS) is 16.9. The number of hydrogen-bond acceptors (Lipinski definition) is 4. The molecular formula is C13H17FN2O2S. The number of rotatable bonds is 6. The van der Waals surface area contributed by atoms with Crippen LogP contribution in [0.2, 0.25) is 0 Å². The standard InChI is InChI=1S/C13H17FN2O2S/c1-19-13(6-3-7-13)9-15-8-10-4-2-5-11(12(10)14)16(17)18/h2,4-5,15H,3,6-9H2,1H3. The molecule has 0 amide bonds. The number of nitro benzene ring substituents is 1. The van der Waals surface area contributed by atoms with Crippen molar-refractivity contribution < 1.29 is 9.31 Å². The van der Waals surface area contributed by atoms with E-state index in [9.17, 15) is 14.5 Å². The van der Waals surface area contributed by atoms with Crippen LogP contribution in [0.5, 0.6) is 0 Å². The predicted molar refractivity (Wildman–Crippen MR) is 74.9 cm³/mol. The first-order valence-corrected chi connectivity index (χ1v) is 7.48. The van der Waals surface area contributed by atoms with Crippen molar-refractivity contribution in [3.05, 3.63) is 39.7 Å². The molecule has 1 aromatic rings. The number of benzene rings is 1. The second-order valence-electron chi connectivity index (χ2n) is 4.85. The van der Waals surface area contributed by atoms with Crippen LogP contribution in [-0.4, -0.2) is 22.5 Å². The number of nitrogens with zero attached hydrogens (tertiary/aromatic N) is 1. The summed E-state index contributed by atoms with van der Waals surface area (Å²) >= 11 is 1.84. The minimum Gasteiger partial charge on any atom is -0.311 e. The van der Waals surface area contributed by atoms with Gasteiger partial charge >= 0.3 is 5.69 Å². The van der Waals surface area contributed by atoms with Crippen molar-refractivity contribution in [2.24, 2.45) is 0 Å². The van der Waals surface area contributed by atoms with E-state index < -0.39 is 16.4 Å². The summed E-state index contributed by atoms with van der Waals surface area (Å²) in [6.07, 6.45) is 5.69. The Labute approximate surface area is 115 Å². The number of thioether (sulfide) groups is 1. The quantitative estimate of drug-likeness (QED) is 0.644. The first-order valence-electron chi connectivity index (χ1n) is 6.26. The SMILES string of the molecule is CSC1(CNCc2cccc([N+](=O)[O-])c2F)CCC1. The third kappa shape index (κ3) is 3.06. The maximum Gasteiger partial charge on any atom is 0.305 e. The Morgan fingerprint density at radius 3 is 2.79 bits per heavy atom. The molecular weight excluding hydrogens is 267 g/mol. The Hall–Kier alpha value is -1.14. The lowest BCUT2D eigenvalue weighted by atomic mass is 9.84. The predicted octanol–water partition coefficient (Wildman–Crippen LogP) is 3.11. The second-order valence-corrected chi connectivity index (χ2v) is 6.13. The van der Waals surface area contributed by atoms with E-state index in [0.717, 1.165) is 6.54 Å². The van der Waals surface area contributed by atoms with Gasteiger partial charge in [-0.2, -0.15) is 16.2 Å². The Morgan fingerprint density at radius 2 is 2.26 bits per heavy atom. The van der Waals surface area contributed by atoms with E-state index in [1.807, 2.05) is 11.8 Å². The Bertz CT molecular complexity index is 472. The van der Waals surface area contributed by atoms with Crippen molar-refractivity contribution in [2.75, 3.05) is 12.8 Å². The molecule has 19 heavy (non-hydrogen) atoms. The molecule has 1 N–H and O–H groups in total. The summed E-state index contributed by atoms with van der Waals surface area (Å²) in [6.45, 7) is 1.14. The number of hydrogen-bond donors (Lipinski definition) is 1. The van der Waals surface area contributed by atoms with Gasteiger partial charge in [0.2, 0.25) is 5.82 Å². The van der Waals surface area contributed by atoms with Crippen LogP contribution in [0, 0.1) is 15.9 Å². The molecule has 0 aromatic heterocycles. The maximum absolute atomic E-state index is 13.8. The van der Waals surface area contributed by atoms with Crippen LogP contribution in [0.3, 0.4) is 0 Å². The van der Waals surface area contributed by atoms with Crippen molar-refractivity contribution in [1.82, 2.24) is 5.32 Å². The van der Waals surface area contributed by atoms with E-state index in [2.05, 4.69) is 11.6 Å². The fourth-order valence-electron chi connectivity index (χ4n) is 2.29. The highest BCUT2D eigenvalue weighted by Crippen LogP contribution is 2.42. The maximum atomic E-state index is 13.8. The zero-order valence-corrected chi connectivity index (χ0v) is 11.6. The molecule has 0 saturated heterocycles. The van der Waals surface area contributed by atoms with E-state index in [1.165, 1.54) is 31.4 Å². The molecule has 0 bridgehead atoms. The van der Waals surface area contributed by atoms with Crippen LogP contribution in [0.15, 0.2) is 18.2 Å². The summed E-state index contributed by atoms with van der Waals surface area (Å²) in [7, 11) is 0. The molecule has 0 spiro atoms. The first-order chi connectivity index (χ1) is 9.08. The molecule has 0 aliphatic heterocycles. The van der Waals surface area contributed by atoms with E-state index in [1.54, 1.807) is 6.07 Å². The molecule has 0 heterocycles. The fourth-order valence-corrected chi connectivity index (χ4v) is 3.24. The highest BCUT2D eigenvalue weighted by Gasteiger charge is 2.35. The lowest BCUT2D eigenvalue weighted by Crippen LogP contribution is -2.43. The largest absolute Gasteiger partial charge is 0.311 e. The third-order valence-corrected chi connectivity index (χ3v) is 5.13. The van der Waals surface area contributed by atoms with E-state index in [-0.39, 0.29) is 4.75 Å². The summed E-state index contributed by atoms with van der Waals surface area (Å²) in [5, 5.41) is 13.9. The molecule has 4 nitrogen and oxygen atoms in total. The van der Waals surface area contributed by atoms with Crippen LogP contribution in [-0.2, 0) is 6.54 Å². The minimum atomic E-state index is -0.730. The summed E-state index contributed by atoms with van der Waals surface area (Å²) in [4.78, 5) is 9.96. The number of halogens is 1. The Morgan fingerprint density at radius 1 is 1.53 bits per heavy atom. The van der Waals surface area contributed by atoms with Crippen molar-refractivity contribution in [3.8, 4) is 0 Å².